The van der Waals surface area contributed by atoms with Gasteiger partial charge in [-0.25, -0.2) is 4.39 Å². The van der Waals surface area contributed by atoms with E-state index in [1.54, 1.807) is 6.07 Å². The van der Waals surface area contributed by atoms with Crippen molar-refractivity contribution in [3.63, 3.8) is 0 Å². The van der Waals surface area contributed by atoms with Crippen molar-refractivity contribution in [2.45, 2.75) is 6.42 Å². The first-order valence-corrected chi connectivity index (χ1v) is 10.1. The average Bonchev–Trinajstić information content (AvgIpc) is 2.08. The van der Waals surface area contributed by atoms with Crippen molar-refractivity contribution in [2.24, 2.45) is 0 Å². The maximum absolute atomic E-state index is 12.3. The molecule has 0 nitrogen and oxygen atoms in total. The summed E-state index contributed by atoms with van der Waals surface area (Å²) in [6, 6.07) is 6.47. The molecule has 0 aliphatic carbocycles. The van der Waals surface area contributed by atoms with E-state index in [9.17, 15) is 4.39 Å². The number of halogens is 2. The summed E-state index contributed by atoms with van der Waals surface area (Å²) in [5.74, 6) is -0.184. The van der Waals surface area contributed by atoms with Crippen LogP contribution < -0.4 is 0 Å². The first-order chi connectivity index (χ1) is 5.33. The van der Waals surface area contributed by atoms with Crippen LogP contribution in [0.25, 0.3) is 0 Å². The Kier molecular flexibility index (Phi) is 7.09. The maximum atomic E-state index is 12.3. The van der Waals surface area contributed by atoms with E-state index < -0.39 is 0 Å². The van der Waals surface area contributed by atoms with Crippen molar-refractivity contribution in [1.82, 2.24) is 0 Å². The summed E-state index contributed by atoms with van der Waals surface area (Å²) in [6.07, 6.45) is 0.651. The topological polar surface area (TPSA) is 0 Å². The molecule has 0 amide bonds. The van der Waals surface area contributed by atoms with Crippen LogP contribution in [0.1, 0.15) is 5.56 Å². The second-order valence-electron chi connectivity index (χ2n) is 1.88. The summed E-state index contributed by atoms with van der Waals surface area (Å²) in [7, 11) is 0. The van der Waals surface area contributed by atoms with E-state index >= 15 is 0 Å². The minimum absolute atomic E-state index is 0.184. The van der Waals surface area contributed by atoms with Gasteiger partial charge in [-0.3, -0.25) is 0 Å². The molecular weight excluding hydrogens is 260 g/mol. The third-order valence-corrected chi connectivity index (χ3v) is 1.18. The quantitative estimate of drug-likeness (QED) is 0.542. The van der Waals surface area contributed by atoms with Crippen LogP contribution in [-0.2, 0) is 22.8 Å². The van der Waals surface area contributed by atoms with Crippen molar-refractivity contribution in [2.75, 3.05) is 0 Å². The molecule has 0 saturated heterocycles. The van der Waals surface area contributed by atoms with Gasteiger partial charge >= 0.3 is 30.0 Å². The van der Waals surface area contributed by atoms with Crippen molar-refractivity contribution < 1.29 is 20.7 Å². The minimum atomic E-state index is -0.184. The molecule has 0 atom stereocenters. The Morgan fingerprint density at radius 3 is 2.45 bits per heavy atom. The van der Waals surface area contributed by atoms with E-state index in [1.165, 1.54) is 28.5 Å². The zero-order valence-electron chi connectivity index (χ0n) is 6.19. The number of hydrogen-bond donors (Lipinski definition) is 0. The van der Waals surface area contributed by atoms with Crippen LogP contribution in [-0.4, -0.2) is 0 Å². The van der Waals surface area contributed by atoms with Crippen LogP contribution in [0, 0.1) is 12.7 Å². The predicted octanol–water partition coefficient (Wildman–Crippen LogP) is 3.05. The van der Waals surface area contributed by atoms with Gasteiger partial charge in [-0.15, -0.1) is 0 Å². The molecule has 56 valence electrons. The molecule has 0 N–H and O–H groups in total. The Morgan fingerprint density at radius 1 is 1.45 bits per heavy atom. The summed E-state index contributed by atoms with van der Waals surface area (Å²) >= 11 is 4.25. The Balaban J connectivity index is 0.000000461. The molecular formula is C8H8BrFZn. The van der Waals surface area contributed by atoms with Gasteiger partial charge in [0.15, 0.2) is 0 Å². The zero-order chi connectivity index (χ0) is 8.69. The molecule has 3 heteroatoms. The second kappa shape index (κ2) is 6.93. The molecule has 0 unspecified atom stereocenters. The van der Waals surface area contributed by atoms with Gasteiger partial charge in [-0.2, -0.15) is 6.42 Å². The summed E-state index contributed by atoms with van der Waals surface area (Å²) < 4.78 is 12.3. The fourth-order valence-corrected chi connectivity index (χ4v) is 0.692. The van der Waals surface area contributed by atoms with E-state index in [2.05, 4.69) is 20.5 Å². The van der Waals surface area contributed by atoms with Gasteiger partial charge < -0.3 is 6.92 Å². The molecule has 0 bridgehead atoms. The van der Waals surface area contributed by atoms with Gasteiger partial charge in [0.2, 0.25) is 0 Å². The van der Waals surface area contributed by atoms with Gasteiger partial charge in [-0.1, -0.05) is 17.7 Å². The van der Waals surface area contributed by atoms with Crippen LogP contribution in [0.3, 0.4) is 0 Å². The van der Waals surface area contributed by atoms with Gasteiger partial charge in [0.25, 0.3) is 0 Å². The molecule has 1 rings (SSSR count). The normalized spacial score (nSPS) is 8.45. The van der Waals surface area contributed by atoms with Crippen molar-refractivity contribution in [3.05, 3.63) is 42.6 Å². The molecule has 0 saturated carbocycles. The molecule has 0 aliphatic heterocycles. The van der Waals surface area contributed by atoms with Gasteiger partial charge in [0.1, 0.15) is 5.82 Å². The molecule has 0 spiro atoms. The van der Waals surface area contributed by atoms with Crippen LogP contribution in [0.2, 0.25) is 0 Å². The van der Waals surface area contributed by atoms with E-state index in [-0.39, 0.29) is 5.82 Å². The first kappa shape index (κ1) is 11.3. The first-order valence-electron chi connectivity index (χ1n) is 3.13. The molecule has 11 heavy (non-hydrogen) atoms. The van der Waals surface area contributed by atoms with Crippen LogP contribution in [0.4, 0.5) is 4.39 Å². The average molecular weight is 268 g/mol. The fraction of sp³-hybridized carbons (Fsp3) is 0.125. The van der Waals surface area contributed by atoms with E-state index in [4.69, 9.17) is 0 Å². The molecule has 0 radical (unpaired) electrons. The van der Waals surface area contributed by atoms with E-state index in [0.717, 1.165) is 5.56 Å². The second-order valence-corrected chi connectivity index (χ2v) is 1.88. The SMILES string of the molecule is [CH2-]Cc1cccc(F)c1.[Zn+][Br]. The third kappa shape index (κ3) is 4.65. The van der Waals surface area contributed by atoms with Gasteiger partial charge in [0.05, 0.1) is 0 Å². The summed E-state index contributed by atoms with van der Waals surface area (Å²) in [4.78, 5) is 0. The zero-order valence-corrected chi connectivity index (χ0v) is 10.7. The molecule has 1 aromatic carbocycles. The molecule has 0 aromatic heterocycles. The van der Waals surface area contributed by atoms with Crippen molar-refractivity contribution in [1.29, 1.82) is 0 Å². The number of hydrogen-bond acceptors (Lipinski definition) is 0. The van der Waals surface area contributed by atoms with E-state index in [1.807, 2.05) is 6.07 Å². The molecule has 0 fully saturated rings. The van der Waals surface area contributed by atoms with Gasteiger partial charge in [-0.05, 0) is 12.1 Å². The summed E-state index contributed by atoms with van der Waals surface area (Å²) in [6.45, 7) is 3.63. The Labute approximate surface area is 83.2 Å². The monoisotopic (exact) mass is 266 g/mol. The summed E-state index contributed by atoms with van der Waals surface area (Å²) in [5.41, 5.74) is 0.940. The standard InChI is InChI=1S/C8H8F.BrH.Zn/c1-2-7-4-3-5-8(9)6-7;;/h3-6H,1-2H2;1H;/q-1;;+2/p-1. The molecule has 0 aliphatic rings. The molecule has 0 heterocycles. The Hall–Kier alpha value is 0.253. The van der Waals surface area contributed by atoms with Crippen molar-refractivity contribution >= 4 is 13.6 Å². The molecule has 1 aromatic rings. The predicted molar refractivity (Wildman–Crippen MR) is 44.4 cm³/mol. The van der Waals surface area contributed by atoms with Crippen LogP contribution >= 0.6 is 13.6 Å². The third-order valence-electron chi connectivity index (χ3n) is 1.18. The van der Waals surface area contributed by atoms with Crippen LogP contribution in [0.5, 0.6) is 0 Å². The number of benzene rings is 1. The van der Waals surface area contributed by atoms with Gasteiger partial charge in [0, 0.05) is 0 Å². The summed E-state index contributed by atoms with van der Waals surface area (Å²) in [5, 5.41) is 0. The van der Waals surface area contributed by atoms with Crippen molar-refractivity contribution in [3.8, 4) is 0 Å². The Bertz CT molecular complexity index is 203. The van der Waals surface area contributed by atoms with Crippen LogP contribution in [0.15, 0.2) is 24.3 Å². The number of rotatable bonds is 1. The fourth-order valence-electron chi connectivity index (χ4n) is 0.692. The Morgan fingerprint density at radius 2 is 2.09 bits per heavy atom. The van der Waals surface area contributed by atoms with E-state index in [0.29, 0.717) is 6.42 Å².